The van der Waals surface area contributed by atoms with Gasteiger partial charge >= 0.3 is 0 Å². The van der Waals surface area contributed by atoms with E-state index in [1.54, 1.807) is 0 Å². The fraction of sp³-hybridized carbons (Fsp3) is 0.467. The zero-order valence-electron chi connectivity index (χ0n) is 10.9. The lowest BCUT2D eigenvalue weighted by Gasteiger charge is -2.16. The van der Waals surface area contributed by atoms with Crippen LogP contribution in [0.25, 0.3) is 0 Å². The molecule has 0 unspecified atom stereocenters. The topological polar surface area (TPSA) is 27.7 Å². The second kappa shape index (κ2) is 6.69. The first kappa shape index (κ1) is 13.3. The van der Waals surface area contributed by atoms with Gasteiger partial charge in [-0.15, -0.1) is 0 Å². The molecule has 0 aliphatic carbocycles. The number of benzene rings is 1. The summed E-state index contributed by atoms with van der Waals surface area (Å²) in [6.45, 7) is 5.17. The maximum atomic E-state index is 5.65. The molecule has 2 atom stereocenters. The Morgan fingerprint density at radius 1 is 1.17 bits per heavy atom. The first-order valence-electron chi connectivity index (χ1n) is 6.35. The van der Waals surface area contributed by atoms with Crippen LogP contribution in [0.3, 0.4) is 0 Å². The van der Waals surface area contributed by atoms with E-state index in [1.807, 2.05) is 44.2 Å². The predicted octanol–water partition coefficient (Wildman–Crippen LogP) is 2.91. The Balaban J connectivity index is 1.66. The van der Waals surface area contributed by atoms with Crippen molar-refractivity contribution in [3.8, 4) is 0 Å². The summed E-state index contributed by atoms with van der Waals surface area (Å²) < 4.78 is 16.8. The maximum Gasteiger partial charge on any atom is 0.178 e. The SMILES string of the molecule is CC(C)O[C@H]1C=C[C@@H](COCc2ccccc2)O1. The second-order valence-corrected chi connectivity index (χ2v) is 4.61. The number of rotatable bonds is 6. The Morgan fingerprint density at radius 2 is 1.94 bits per heavy atom. The average Bonchev–Trinajstić information content (AvgIpc) is 2.77. The van der Waals surface area contributed by atoms with Gasteiger partial charge in [-0.3, -0.25) is 0 Å². The fourth-order valence-corrected chi connectivity index (χ4v) is 1.79. The summed E-state index contributed by atoms with van der Waals surface area (Å²) >= 11 is 0. The average molecular weight is 248 g/mol. The molecular weight excluding hydrogens is 228 g/mol. The minimum absolute atomic E-state index is 0.00235. The number of ether oxygens (including phenoxy) is 3. The number of hydrogen-bond acceptors (Lipinski definition) is 3. The summed E-state index contributed by atoms with van der Waals surface area (Å²) in [7, 11) is 0. The van der Waals surface area contributed by atoms with Gasteiger partial charge in [-0.25, -0.2) is 0 Å². The Kier molecular flexibility index (Phi) is 4.93. The monoisotopic (exact) mass is 248 g/mol. The first-order chi connectivity index (χ1) is 8.74. The molecule has 3 nitrogen and oxygen atoms in total. The van der Waals surface area contributed by atoms with Gasteiger partial charge in [0.1, 0.15) is 6.10 Å². The molecular formula is C15H20O3. The van der Waals surface area contributed by atoms with E-state index in [-0.39, 0.29) is 18.5 Å². The van der Waals surface area contributed by atoms with E-state index in [2.05, 4.69) is 12.1 Å². The summed E-state index contributed by atoms with van der Waals surface area (Å²) in [6, 6.07) is 10.1. The van der Waals surface area contributed by atoms with Crippen molar-refractivity contribution in [1.29, 1.82) is 0 Å². The molecule has 0 saturated carbocycles. The molecule has 2 rings (SSSR count). The molecule has 0 N–H and O–H groups in total. The second-order valence-electron chi connectivity index (χ2n) is 4.61. The third-order valence-corrected chi connectivity index (χ3v) is 2.59. The fourth-order valence-electron chi connectivity index (χ4n) is 1.79. The lowest BCUT2D eigenvalue weighted by molar-refractivity contribution is -0.149. The van der Waals surface area contributed by atoms with Gasteiger partial charge < -0.3 is 14.2 Å². The van der Waals surface area contributed by atoms with Crippen molar-refractivity contribution < 1.29 is 14.2 Å². The van der Waals surface area contributed by atoms with Crippen LogP contribution < -0.4 is 0 Å². The Hall–Kier alpha value is -1.16. The van der Waals surface area contributed by atoms with Crippen molar-refractivity contribution in [3.05, 3.63) is 48.0 Å². The van der Waals surface area contributed by atoms with Crippen molar-refractivity contribution in [2.75, 3.05) is 6.61 Å². The highest BCUT2D eigenvalue weighted by Crippen LogP contribution is 2.15. The van der Waals surface area contributed by atoms with Crippen molar-refractivity contribution in [2.45, 2.75) is 39.0 Å². The molecule has 0 radical (unpaired) electrons. The Labute approximate surface area is 108 Å². The van der Waals surface area contributed by atoms with Crippen molar-refractivity contribution >= 4 is 0 Å². The molecule has 1 heterocycles. The van der Waals surface area contributed by atoms with E-state index in [9.17, 15) is 0 Å². The minimum atomic E-state index is -0.227. The van der Waals surface area contributed by atoms with Gasteiger partial charge in [0.2, 0.25) is 0 Å². The van der Waals surface area contributed by atoms with Gasteiger partial charge in [0.25, 0.3) is 0 Å². The summed E-state index contributed by atoms with van der Waals surface area (Å²) in [5, 5.41) is 0. The third kappa shape index (κ3) is 4.26. The summed E-state index contributed by atoms with van der Waals surface area (Å²) in [4.78, 5) is 0. The Morgan fingerprint density at radius 3 is 2.67 bits per heavy atom. The summed E-state index contributed by atoms with van der Waals surface area (Å²) in [5.41, 5.74) is 1.18. The van der Waals surface area contributed by atoms with E-state index in [0.29, 0.717) is 13.2 Å². The normalized spacial score (nSPS) is 22.8. The first-order valence-corrected chi connectivity index (χ1v) is 6.35. The van der Waals surface area contributed by atoms with E-state index in [1.165, 1.54) is 5.56 Å². The summed E-state index contributed by atoms with van der Waals surface area (Å²) in [5.74, 6) is 0. The van der Waals surface area contributed by atoms with Crippen molar-refractivity contribution in [3.63, 3.8) is 0 Å². The highest BCUT2D eigenvalue weighted by Gasteiger charge is 2.20. The van der Waals surface area contributed by atoms with E-state index in [4.69, 9.17) is 14.2 Å². The molecule has 3 heteroatoms. The smallest absolute Gasteiger partial charge is 0.178 e. The lowest BCUT2D eigenvalue weighted by atomic mass is 10.2. The lowest BCUT2D eigenvalue weighted by Crippen LogP contribution is -2.22. The van der Waals surface area contributed by atoms with Gasteiger partial charge in [0, 0.05) is 0 Å². The van der Waals surface area contributed by atoms with Gasteiger partial charge in [-0.05, 0) is 25.5 Å². The molecule has 0 spiro atoms. The zero-order valence-corrected chi connectivity index (χ0v) is 10.9. The molecule has 1 aromatic rings. The minimum Gasteiger partial charge on any atom is -0.374 e. The standard InChI is InChI=1S/C15H20O3/c1-12(2)17-15-9-8-14(18-15)11-16-10-13-6-4-3-5-7-13/h3-9,12,14-15H,10-11H2,1-2H3/t14-,15+/m0/s1. The van der Waals surface area contributed by atoms with Crippen LogP contribution in [0.2, 0.25) is 0 Å². The molecule has 0 aromatic heterocycles. The van der Waals surface area contributed by atoms with Crippen LogP contribution >= 0.6 is 0 Å². The van der Waals surface area contributed by atoms with Gasteiger partial charge in [-0.1, -0.05) is 36.4 Å². The third-order valence-electron chi connectivity index (χ3n) is 2.59. The van der Waals surface area contributed by atoms with Crippen LogP contribution in [0.5, 0.6) is 0 Å². The van der Waals surface area contributed by atoms with E-state index < -0.39 is 0 Å². The van der Waals surface area contributed by atoms with Gasteiger partial charge in [0.15, 0.2) is 6.29 Å². The summed E-state index contributed by atoms with van der Waals surface area (Å²) in [6.07, 6.45) is 3.88. The van der Waals surface area contributed by atoms with Crippen LogP contribution in [0, 0.1) is 0 Å². The largest absolute Gasteiger partial charge is 0.374 e. The van der Waals surface area contributed by atoms with Crippen LogP contribution in [0.15, 0.2) is 42.5 Å². The predicted molar refractivity (Wildman–Crippen MR) is 70.1 cm³/mol. The molecule has 1 aromatic carbocycles. The van der Waals surface area contributed by atoms with Gasteiger partial charge in [0.05, 0.1) is 19.3 Å². The van der Waals surface area contributed by atoms with E-state index >= 15 is 0 Å². The molecule has 1 aliphatic rings. The quantitative estimate of drug-likeness (QED) is 0.724. The molecule has 0 fully saturated rings. The van der Waals surface area contributed by atoms with E-state index in [0.717, 1.165) is 0 Å². The molecule has 0 saturated heterocycles. The van der Waals surface area contributed by atoms with Gasteiger partial charge in [-0.2, -0.15) is 0 Å². The van der Waals surface area contributed by atoms with Crippen LogP contribution in [0.1, 0.15) is 19.4 Å². The molecule has 0 bridgehead atoms. The Bertz CT molecular complexity index is 373. The highest BCUT2D eigenvalue weighted by molar-refractivity contribution is 5.13. The van der Waals surface area contributed by atoms with Crippen LogP contribution in [-0.4, -0.2) is 25.1 Å². The number of hydrogen-bond donors (Lipinski definition) is 0. The van der Waals surface area contributed by atoms with Crippen molar-refractivity contribution in [1.82, 2.24) is 0 Å². The van der Waals surface area contributed by atoms with Crippen LogP contribution in [0.4, 0.5) is 0 Å². The maximum absolute atomic E-state index is 5.65. The zero-order chi connectivity index (χ0) is 12.8. The molecule has 98 valence electrons. The molecule has 1 aliphatic heterocycles. The van der Waals surface area contributed by atoms with Crippen LogP contribution in [-0.2, 0) is 20.8 Å². The highest BCUT2D eigenvalue weighted by atomic mass is 16.7. The molecule has 18 heavy (non-hydrogen) atoms. The molecule has 0 amide bonds. The van der Waals surface area contributed by atoms with Crippen molar-refractivity contribution in [2.24, 2.45) is 0 Å².